The molecule has 0 unspecified atom stereocenters. The molecule has 0 saturated heterocycles. The second-order valence-electron chi connectivity index (χ2n) is 8.49. The van der Waals surface area contributed by atoms with Gasteiger partial charge in [-0.25, -0.2) is 4.79 Å². The summed E-state index contributed by atoms with van der Waals surface area (Å²) in [5, 5.41) is 5.36. The number of carbonyl (C=O) groups is 3. The topological polar surface area (TPSA) is 94.6 Å². The number of Topliss-reactive ketones (excluding diaryl/α,β-unsaturated/α-hetero) is 1. The highest BCUT2D eigenvalue weighted by atomic mass is 32.1. The largest absolute Gasteiger partial charge is 0.465 e. The van der Waals surface area contributed by atoms with Crippen molar-refractivity contribution < 1.29 is 23.9 Å². The molecule has 0 amide bonds. The third kappa shape index (κ3) is 4.80. The van der Waals surface area contributed by atoms with E-state index in [4.69, 9.17) is 9.47 Å². The molecular weight excluding hydrogens is 464 g/mol. The Morgan fingerprint density at radius 1 is 1.11 bits per heavy atom. The van der Waals surface area contributed by atoms with Crippen LogP contribution in [0.25, 0.3) is 0 Å². The summed E-state index contributed by atoms with van der Waals surface area (Å²) in [6, 6.07) is 9.30. The fourth-order valence-electron chi connectivity index (χ4n) is 4.96. The number of pyridine rings is 1. The molecular formula is C27H30N2O5S. The minimum atomic E-state index is -0.989. The Balaban J connectivity index is 1.90. The van der Waals surface area contributed by atoms with E-state index < -0.39 is 23.8 Å². The van der Waals surface area contributed by atoms with Crippen LogP contribution in [0.3, 0.4) is 0 Å². The van der Waals surface area contributed by atoms with Crippen LogP contribution < -0.4 is 5.32 Å². The van der Waals surface area contributed by atoms with E-state index in [1.807, 2.05) is 30.5 Å². The molecule has 8 heteroatoms. The van der Waals surface area contributed by atoms with Gasteiger partial charge in [0, 0.05) is 34.0 Å². The van der Waals surface area contributed by atoms with Gasteiger partial charge in [0.25, 0.3) is 0 Å². The third-order valence-electron chi connectivity index (χ3n) is 6.33. The maximum Gasteiger partial charge on any atom is 0.336 e. The highest BCUT2D eigenvalue weighted by Crippen LogP contribution is 2.48. The van der Waals surface area contributed by atoms with Crippen molar-refractivity contribution in [1.82, 2.24) is 10.3 Å². The van der Waals surface area contributed by atoms with Crippen LogP contribution in [0.5, 0.6) is 0 Å². The van der Waals surface area contributed by atoms with Crippen molar-refractivity contribution in [2.75, 3.05) is 13.2 Å². The minimum Gasteiger partial charge on any atom is -0.465 e. The van der Waals surface area contributed by atoms with Gasteiger partial charge in [-0.05, 0) is 50.3 Å². The summed E-state index contributed by atoms with van der Waals surface area (Å²) in [4.78, 5) is 46.0. The van der Waals surface area contributed by atoms with Gasteiger partial charge >= 0.3 is 11.9 Å². The van der Waals surface area contributed by atoms with Crippen LogP contribution in [0.2, 0.25) is 0 Å². The van der Waals surface area contributed by atoms with Crippen LogP contribution in [-0.2, 0) is 23.9 Å². The van der Waals surface area contributed by atoms with E-state index in [0.29, 0.717) is 29.7 Å². The molecule has 184 valence electrons. The zero-order valence-corrected chi connectivity index (χ0v) is 21.0. The molecule has 7 nitrogen and oxygen atoms in total. The number of carbonyl (C=O) groups excluding carboxylic acids is 3. The van der Waals surface area contributed by atoms with Gasteiger partial charge in [0.05, 0.1) is 30.4 Å². The summed E-state index contributed by atoms with van der Waals surface area (Å²) in [5.74, 6) is -3.40. The molecule has 2 aliphatic rings. The average molecular weight is 495 g/mol. The van der Waals surface area contributed by atoms with Gasteiger partial charge in [-0.1, -0.05) is 25.5 Å². The number of dihydropyridines is 1. The number of ketones is 1. The number of thiophene rings is 1. The minimum absolute atomic E-state index is 0.183. The Bertz CT molecular complexity index is 1150. The van der Waals surface area contributed by atoms with Gasteiger partial charge < -0.3 is 14.8 Å². The molecule has 3 heterocycles. The molecule has 3 atom stereocenters. The smallest absolute Gasteiger partial charge is 0.336 e. The van der Waals surface area contributed by atoms with E-state index in [2.05, 4.69) is 10.3 Å². The van der Waals surface area contributed by atoms with Gasteiger partial charge in [-0.15, -0.1) is 11.3 Å². The first-order chi connectivity index (χ1) is 17.0. The van der Waals surface area contributed by atoms with Crippen LogP contribution in [0.15, 0.2) is 64.4 Å². The van der Waals surface area contributed by atoms with Gasteiger partial charge in [-0.3, -0.25) is 14.6 Å². The van der Waals surface area contributed by atoms with E-state index in [-0.39, 0.29) is 24.9 Å². The number of rotatable bonds is 8. The van der Waals surface area contributed by atoms with Gasteiger partial charge in [0.1, 0.15) is 5.92 Å². The molecule has 1 aliphatic carbocycles. The molecule has 0 radical (unpaired) electrons. The van der Waals surface area contributed by atoms with Crippen LogP contribution in [0.1, 0.15) is 62.4 Å². The Kier molecular flexibility index (Phi) is 7.80. The first kappa shape index (κ1) is 24.9. The lowest BCUT2D eigenvalue weighted by Gasteiger charge is -2.39. The lowest BCUT2D eigenvalue weighted by molar-refractivity contribution is -0.152. The van der Waals surface area contributed by atoms with Crippen molar-refractivity contribution in [2.24, 2.45) is 5.92 Å². The summed E-state index contributed by atoms with van der Waals surface area (Å²) in [7, 11) is 0. The Morgan fingerprint density at radius 2 is 1.91 bits per heavy atom. The average Bonchev–Trinajstić information content (AvgIpc) is 3.39. The van der Waals surface area contributed by atoms with Crippen LogP contribution in [0, 0.1) is 5.92 Å². The number of hydrogen-bond donors (Lipinski definition) is 1. The summed E-state index contributed by atoms with van der Waals surface area (Å²) in [5.41, 5.74) is 2.84. The third-order valence-corrected chi connectivity index (χ3v) is 7.34. The molecule has 0 aromatic carbocycles. The molecule has 2 aromatic rings. The van der Waals surface area contributed by atoms with Gasteiger partial charge in [0.2, 0.25) is 0 Å². The van der Waals surface area contributed by atoms with Crippen molar-refractivity contribution in [3.63, 3.8) is 0 Å². The second-order valence-corrected chi connectivity index (χ2v) is 9.47. The van der Waals surface area contributed by atoms with Crippen molar-refractivity contribution >= 4 is 29.1 Å². The Morgan fingerprint density at radius 3 is 2.54 bits per heavy atom. The molecule has 1 N–H and O–H groups in total. The van der Waals surface area contributed by atoms with E-state index in [0.717, 1.165) is 22.7 Å². The normalized spacial score (nSPS) is 21.9. The Labute approximate surface area is 209 Å². The van der Waals surface area contributed by atoms with Crippen LogP contribution >= 0.6 is 11.3 Å². The number of allylic oxidation sites excluding steroid dienone is 3. The van der Waals surface area contributed by atoms with Gasteiger partial charge in [0.15, 0.2) is 5.78 Å². The molecule has 0 saturated carbocycles. The number of hydrogen-bond acceptors (Lipinski definition) is 8. The highest BCUT2D eigenvalue weighted by Gasteiger charge is 2.49. The van der Waals surface area contributed by atoms with Crippen molar-refractivity contribution in [1.29, 1.82) is 0 Å². The van der Waals surface area contributed by atoms with Crippen LogP contribution in [0.4, 0.5) is 0 Å². The predicted molar refractivity (Wildman–Crippen MR) is 133 cm³/mol. The highest BCUT2D eigenvalue weighted by molar-refractivity contribution is 7.10. The van der Waals surface area contributed by atoms with E-state index in [1.165, 1.54) is 11.3 Å². The molecule has 1 aliphatic heterocycles. The monoisotopic (exact) mass is 494 g/mol. The lowest BCUT2D eigenvalue weighted by Crippen LogP contribution is -2.43. The quantitative estimate of drug-likeness (QED) is 0.422. The molecule has 2 aromatic heterocycles. The maximum atomic E-state index is 14.2. The maximum absolute atomic E-state index is 14.2. The number of nitrogens with zero attached hydrogens (tertiary/aromatic N) is 1. The standard InChI is InChI=1S/C27H30N2O5S/c1-4-10-18-24(27(32)34-6-3)22(17-11-7-8-13-28-17)23-19(29-18)15-16(20-12-9-14-35-20)21(25(23)30)26(31)33-5-2/h7-9,11-14,16,21-22,29H,4-6,10,15H2,1-3H3/t16-,21+,22-/m0/s1. The van der Waals surface area contributed by atoms with Crippen LogP contribution in [-0.4, -0.2) is 35.9 Å². The molecule has 0 bridgehead atoms. The summed E-state index contributed by atoms with van der Waals surface area (Å²) < 4.78 is 10.8. The number of aromatic nitrogens is 1. The fraction of sp³-hybridized carbons (Fsp3) is 0.407. The van der Waals surface area contributed by atoms with E-state index >= 15 is 0 Å². The first-order valence-electron chi connectivity index (χ1n) is 12.1. The van der Waals surface area contributed by atoms with Crippen molar-refractivity contribution in [3.8, 4) is 0 Å². The molecule has 35 heavy (non-hydrogen) atoms. The number of esters is 2. The zero-order valence-electron chi connectivity index (χ0n) is 20.2. The van der Waals surface area contributed by atoms with Gasteiger partial charge in [-0.2, -0.15) is 0 Å². The zero-order chi connectivity index (χ0) is 24.9. The summed E-state index contributed by atoms with van der Waals surface area (Å²) in [6.45, 7) is 5.91. The predicted octanol–water partition coefficient (Wildman–Crippen LogP) is 4.64. The van der Waals surface area contributed by atoms with E-state index in [1.54, 1.807) is 32.2 Å². The fourth-order valence-corrected chi connectivity index (χ4v) is 5.83. The number of ether oxygens (including phenoxy) is 2. The lowest BCUT2D eigenvalue weighted by atomic mass is 9.68. The molecule has 4 rings (SSSR count). The SMILES string of the molecule is CCCC1=C(C(=O)OCC)[C@@H](c2ccccn2)C2=C(C[C@@H](c3cccs3)[C@@H](C(=O)OCC)C2=O)N1. The molecule has 0 fully saturated rings. The summed E-state index contributed by atoms with van der Waals surface area (Å²) >= 11 is 1.52. The van der Waals surface area contributed by atoms with E-state index in [9.17, 15) is 14.4 Å². The second kappa shape index (κ2) is 11.0. The molecule has 0 spiro atoms. The number of nitrogens with one attached hydrogen (secondary N) is 1. The van der Waals surface area contributed by atoms with Crippen molar-refractivity contribution in [2.45, 2.75) is 51.9 Å². The van der Waals surface area contributed by atoms with Crippen molar-refractivity contribution in [3.05, 3.63) is 75.0 Å². The first-order valence-corrected chi connectivity index (χ1v) is 12.9. The summed E-state index contributed by atoms with van der Waals surface area (Å²) in [6.07, 6.45) is 3.52. The Hall–Kier alpha value is -3.26.